The quantitative estimate of drug-likeness (QED) is 0.781. The van der Waals surface area contributed by atoms with Gasteiger partial charge in [-0.05, 0) is 31.4 Å². The summed E-state index contributed by atoms with van der Waals surface area (Å²) in [6.45, 7) is 0.528. The Bertz CT molecular complexity index is 405. The van der Waals surface area contributed by atoms with Gasteiger partial charge in [-0.3, -0.25) is 0 Å². The predicted molar refractivity (Wildman–Crippen MR) is 64.9 cm³/mol. The molecule has 0 radical (unpaired) electrons. The number of nitrogens with zero attached hydrogens (tertiary/aromatic N) is 2. The van der Waals surface area contributed by atoms with Gasteiger partial charge in [0.2, 0.25) is 0 Å². The lowest BCUT2D eigenvalue weighted by atomic mass is 9.91. The van der Waals surface area contributed by atoms with Gasteiger partial charge in [0, 0.05) is 24.7 Å². The molecule has 100 valence electrons. The van der Waals surface area contributed by atoms with Crippen molar-refractivity contribution >= 4 is 17.4 Å². The fourth-order valence-electron chi connectivity index (χ4n) is 2.03. The van der Waals surface area contributed by atoms with E-state index in [1.807, 2.05) is 4.90 Å². The first-order chi connectivity index (χ1) is 8.52. The topological polar surface area (TPSA) is 16.1 Å². The number of alkyl halides is 4. The highest BCUT2D eigenvalue weighted by molar-refractivity contribution is 6.18. The first kappa shape index (κ1) is 13.5. The first-order valence-electron chi connectivity index (χ1n) is 5.88. The van der Waals surface area contributed by atoms with Crippen LogP contribution < -0.4 is 4.90 Å². The van der Waals surface area contributed by atoms with Gasteiger partial charge in [0.25, 0.3) is 0 Å². The van der Waals surface area contributed by atoms with Gasteiger partial charge in [0.15, 0.2) is 0 Å². The number of aromatic nitrogens is 1. The molecule has 0 aromatic carbocycles. The van der Waals surface area contributed by atoms with Crippen LogP contribution in [-0.4, -0.2) is 23.5 Å². The van der Waals surface area contributed by atoms with E-state index in [-0.39, 0.29) is 6.04 Å². The molecule has 1 aliphatic carbocycles. The number of hydrogen-bond acceptors (Lipinski definition) is 2. The van der Waals surface area contributed by atoms with Gasteiger partial charge in [0.05, 0.1) is 5.56 Å². The zero-order valence-corrected chi connectivity index (χ0v) is 10.5. The lowest BCUT2D eigenvalue weighted by molar-refractivity contribution is -0.137. The SMILES string of the molecule is FC(F)(F)c1ccnc(N(CCCl)C2CCC2)c1. The highest BCUT2D eigenvalue weighted by Gasteiger charge is 2.32. The second-order valence-corrected chi connectivity index (χ2v) is 4.75. The highest BCUT2D eigenvalue weighted by atomic mass is 35.5. The molecule has 0 unspecified atom stereocenters. The number of hydrogen-bond donors (Lipinski definition) is 0. The van der Waals surface area contributed by atoms with Crippen molar-refractivity contribution in [3.8, 4) is 0 Å². The van der Waals surface area contributed by atoms with Crippen molar-refractivity contribution in [1.82, 2.24) is 4.98 Å². The third kappa shape index (κ3) is 2.88. The Balaban J connectivity index is 2.24. The minimum absolute atomic E-state index is 0.278. The second-order valence-electron chi connectivity index (χ2n) is 4.37. The molecule has 1 heterocycles. The molecular weight excluding hydrogens is 265 g/mol. The van der Waals surface area contributed by atoms with Crippen molar-refractivity contribution in [2.45, 2.75) is 31.5 Å². The maximum absolute atomic E-state index is 12.6. The molecule has 2 nitrogen and oxygen atoms in total. The Labute approximate surface area is 109 Å². The first-order valence-corrected chi connectivity index (χ1v) is 6.41. The minimum atomic E-state index is -4.33. The zero-order valence-electron chi connectivity index (χ0n) is 9.75. The summed E-state index contributed by atoms with van der Waals surface area (Å²) in [5.74, 6) is 0.754. The van der Waals surface area contributed by atoms with Crippen molar-refractivity contribution in [3.05, 3.63) is 23.9 Å². The van der Waals surface area contributed by atoms with Crippen molar-refractivity contribution in [3.63, 3.8) is 0 Å². The molecule has 0 N–H and O–H groups in total. The summed E-state index contributed by atoms with van der Waals surface area (Å²) in [6, 6.07) is 2.37. The van der Waals surface area contributed by atoms with Crippen LogP contribution in [0.3, 0.4) is 0 Å². The largest absolute Gasteiger partial charge is 0.416 e. The van der Waals surface area contributed by atoms with E-state index in [0.29, 0.717) is 18.2 Å². The smallest absolute Gasteiger partial charge is 0.352 e. The Morgan fingerprint density at radius 3 is 2.61 bits per heavy atom. The molecule has 2 rings (SSSR count). The highest BCUT2D eigenvalue weighted by Crippen LogP contribution is 2.33. The standard InChI is InChI=1S/C12H14ClF3N2/c13-5-7-18(10-2-1-3-10)11-8-9(4-6-17-11)12(14,15)16/h4,6,8,10H,1-3,5,7H2. The number of pyridine rings is 1. The van der Waals surface area contributed by atoms with E-state index >= 15 is 0 Å². The summed E-state index contributed by atoms with van der Waals surface area (Å²) in [5, 5.41) is 0. The molecule has 0 atom stereocenters. The van der Waals surface area contributed by atoms with E-state index in [1.54, 1.807) is 0 Å². The molecule has 0 aliphatic heterocycles. The molecule has 18 heavy (non-hydrogen) atoms. The van der Waals surface area contributed by atoms with Crippen LogP contribution in [0.5, 0.6) is 0 Å². The molecule has 6 heteroatoms. The molecule has 0 spiro atoms. The molecular formula is C12H14ClF3N2. The molecule has 1 fully saturated rings. The Morgan fingerprint density at radius 1 is 1.39 bits per heavy atom. The van der Waals surface area contributed by atoms with Gasteiger partial charge >= 0.3 is 6.18 Å². The maximum atomic E-state index is 12.6. The van der Waals surface area contributed by atoms with Crippen molar-refractivity contribution < 1.29 is 13.2 Å². The molecule has 0 saturated heterocycles. The van der Waals surface area contributed by atoms with Gasteiger partial charge in [-0.15, -0.1) is 11.6 Å². The normalized spacial score (nSPS) is 16.4. The van der Waals surface area contributed by atoms with Crippen LogP contribution >= 0.6 is 11.6 Å². The van der Waals surface area contributed by atoms with Crippen LogP contribution in [0.2, 0.25) is 0 Å². The van der Waals surface area contributed by atoms with Gasteiger partial charge < -0.3 is 4.90 Å². The van der Waals surface area contributed by atoms with Crippen LogP contribution in [0.1, 0.15) is 24.8 Å². The lowest BCUT2D eigenvalue weighted by Gasteiger charge is -2.38. The van der Waals surface area contributed by atoms with Crippen molar-refractivity contribution in [2.24, 2.45) is 0 Å². The summed E-state index contributed by atoms with van der Waals surface area (Å²) in [5.41, 5.74) is -0.661. The Kier molecular flexibility index (Phi) is 4.00. The summed E-state index contributed by atoms with van der Waals surface area (Å²) < 4.78 is 37.9. The predicted octanol–water partition coefficient (Wildman–Crippen LogP) is 3.70. The molecule has 1 saturated carbocycles. The molecule has 1 aromatic rings. The summed E-state index contributed by atoms with van der Waals surface area (Å²) in [4.78, 5) is 5.92. The Morgan fingerprint density at radius 2 is 2.11 bits per heavy atom. The van der Waals surface area contributed by atoms with Crippen molar-refractivity contribution in [2.75, 3.05) is 17.3 Å². The van der Waals surface area contributed by atoms with E-state index in [1.165, 1.54) is 6.20 Å². The fourth-order valence-corrected chi connectivity index (χ4v) is 2.21. The molecule has 0 bridgehead atoms. The summed E-state index contributed by atoms with van der Waals surface area (Å²) >= 11 is 5.71. The minimum Gasteiger partial charge on any atom is -0.352 e. The zero-order chi connectivity index (χ0) is 13.2. The van der Waals surface area contributed by atoms with E-state index in [4.69, 9.17) is 11.6 Å². The van der Waals surface area contributed by atoms with E-state index in [0.717, 1.165) is 31.4 Å². The molecule has 1 aromatic heterocycles. The number of halogens is 4. The van der Waals surface area contributed by atoms with Gasteiger partial charge in [-0.2, -0.15) is 13.2 Å². The van der Waals surface area contributed by atoms with Crippen LogP contribution in [-0.2, 0) is 6.18 Å². The van der Waals surface area contributed by atoms with E-state index < -0.39 is 11.7 Å². The van der Waals surface area contributed by atoms with Crippen molar-refractivity contribution in [1.29, 1.82) is 0 Å². The summed E-state index contributed by atoms with van der Waals surface area (Å²) in [7, 11) is 0. The summed E-state index contributed by atoms with van der Waals surface area (Å²) in [6.07, 6.45) is -0.0198. The molecule has 0 amide bonds. The van der Waals surface area contributed by atoms with Gasteiger partial charge in [-0.1, -0.05) is 0 Å². The van der Waals surface area contributed by atoms with Gasteiger partial charge in [0.1, 0.15) is 5.82 Å². The number of anilines is 1. The van der Waals surface area contributed by atoms with Crippen LogP contribution in [0.4, 0.5) is 19.0 Å². The molecule has 1 aliphatic rings. The van der Waals surface area contributed by atoms with Crippen LogP contribution in [0.15, 0.2) is 18.3 Å². The van der Waals surface area contributed by atoms with E-state index in [2.05, 4.69) is 4.98 Å². The third-order valence-corrected chi connectivity index (χ3v) is 3.38. The van der Waals surface area contributed by atoms with E-state index in [9.17, 15) is 13.2 Å². The van der Waals surface area contributed by atoms with Crippen LogP contribution in [0.25, 0.3) is 0 Å². The van der Waals surface area contributed by atoms with Gasteiger partial charge in [-0.25, -0.2) is 4.98 Å². The lowest BCUT2D eigenvalue weighted by Crippen LogP contribution is -2.42. The van der Waals surface area contributed by atoms with Crippen LogP contribution in [0, 0.1) is 0 Å². The monoisotopic (exact) mass is 278 g/mol. The second kappa shape index (κ2) is 5.34. The average molecular weight is 279 g/mol. The average Bonchev–Trinajstić information content (AvgIpc) is 2.25. The Hall–Kier alpha value is -0.970. The fraction of sp³-hybridized carbons (Fsp3) is 0.583. The third-order valence-electron chi connectivity index (χ3n) is 3.21. The number of rotatable bonds is 4. The maximum Gasteiger partial charge on any atom is 0.416 e.